The predicted octanol–water partition coefficient (Wildman–Crippen LogP) is 0.598. The third kappa shape index (κ3) is 4.86. The van der Waals surface area contributed by atoms with Gasteiger partial charge in [0.2, 0.25) is 0 Å². The van der Waals surface area contributed by atoms with Crippen molar-refractivity contribution in [2.45, 2.75) is 36.6 Å². The van der Waals surface area contributed by atoms with E-state index in [4.69, 9.17) is 10.2 Å². The molecule has 0 unspecified atom stereocenters. The maximum Gasteiger partial charge on any atom is 0.291 e. The molecule has 0 aliphatic rings. The highest BCUT2D eigenvalue weighted by molar-refractivity contribution is 8.00. The van der Waals surface area contributed by atoms with Crippen LogP contribution in [0.3, 0.4) is 0 Å². The van der Waals surface area contributed by atoms with Crippen molar-refractivity contribution in [3.05, 3.63) is 34.5 Å². The van der Waals surface area contributed by atoms with E-state index in [-0.39, 0.29) is 22.4 Å². The molecule has 0 aromatic carbocycles. The van der Waals surface area contributed by atoms with Gasteiger partial charge in [0.25, 0.3) is 11.5 Å². The normalized spacial score (nSPS) is 11.9. The molecule has 0 radical (unpaired) electrons. The minimum absolute atomic E-state index is 0.00818. The van der Waals surface area contributed by atoms with Crippen molar-refractivity contribution in [3.8, 4) is 0 Å². The molecule has 0 bridgehead atoms. The lowest BCUT2D eigenvalue weighted by Gasteiger charge is -2.16. The van der Waals surface area contributed by atoms with Gasteiger partial charge in [-0.05, 0) is 18.6 Å². The van der Waals surface area contributed by atoms with Crippen LogP contribution in [-0.4, -0.2) is 27.1 Å². The Kier molecular flexibility index (Phi) is 6.23. The van der Waals surface area contributed by atoms with Crippen LogP contribution in [-0.2, 0) is 4.79 Å². The first-order valence-electron chi connectivity index (χ1n) is 7.54. The molecule has 0 saturated carbocycles. The fourth-order valence-electron chi connectivity index (χ4n) is 1.98. The Bertz CT molecular complexity index is 803. The predicted molar refractivity (Wildman–Crippen MR) is 90.1 cm³/mol. The molecule has 0 spiro atoms. The highest BCUT2D eigenvalue weighted by atomic mass is 32.2. The van der Waals surface area contributed by atoms with E-state index in [0.29, 0.717) is 12.8 Å². The minimum Gasteiger partial charge on any atom is -0.549 e. The number of thioether (sulfide) groups is 1. The maximum absolute atomic E-state index is 12.1. The molecule has 0 aliphatic heterocycles. The number of carbonyl (C=O) groups excluding carboxylic acids is 2. The van der Waals surface area contributed by atoms with Gasteiger partial charge in [0.05, 0.1) is 17.5 Å². The molecule has 1 atom stereocenters. The zero-order chi connectivity index (χ0) is 18.4. The number of nitrogens with one attached hydrogen (secondary N) is 2. The van der Waals surface area contributed by atoms with Crippen LogP contribution in [0.4, 0.5) is 11.5 Å². The molecule has 0 aliphatic carbocycles. The molecule has 0 fully saturated rings. The number of aromatic amines is 1. The zero-order valence-corrected chi connectivity index (χ0v) is 14.2. The van der Waals surface area contributed by atoms with Gasteiger partial charge in [-0.3, -0.25) is 14.6 Å². The van der Waals surface area contributed by atoms with Crippen LogP contribution in [0.5, 0.6) is 0 Å². The number of furan rings is 1. The number of carboxylic acid groups (broad SMARTS) is 1. The van der Waals surface area contributed by atoms with Crippen LogP contribution in [0.25, 0.3) is 0 Å². The Labute approximate surface area is 147 Å². The Balaban J connectivity index is 2.17. The molecule has 2 rings (SSSR count). The molecular formula is C15H17N4O5S-. The number of hydrogen-bond donors (Lipinski definition) is 3. The van der Waals surface area contributed by atoms with Crippen molar-refractivity contribution in [1.29, 1.82) is 0 Å². The van der Waals surface area contributed by atoms with Crippen molar-refractivity contribution in [3.63, 3.8) is 0 Å². The van der Waals surface area contributed by atoms with E-state index >= 15 is 0 Å². The first-order chi connectivity index (χ1) is 11.9. The van der Waals surface area contributed by atoms with Gasteiger partial charge >= 0.3 is 0 Å². The number of hydrogen-bond acceptors (Lipinski definition) is 8. The van der Waals surface area contributed by atoms with Crippen LogP contribution in [0.2, 0.25) is 0 Å². The molecular weight excluding hydrogens is 348 g/mol. The van der Waals surface area contributed by atoms with Crippen LogP contribution < -0.4 is 21.7 Å². The number of carboxylic acids is 1. The highest BCUT2D eigenvalue weighted by Crippen LogP contribution is 2.24. The van der Waals surface area contributed by atoms with Gasteiger partial charge in [0.1, 0.15) is 0 Å². The van der Waals surface area contributed by atoms with Crippen LogP contribution in [0, 0.1) is 0 Å². The summed E-state index contributed by atoms with van der Waals surface area (Å²) in [5, 5.41) is 12.7. The number of nitrogens with zero attached hydrogens (tertiary/aromatic N) is 1. The van der Waals surface area contributed by atoms with E-state index in [0.717, 1.165) is 18.2 Å². The second kappa shape index (κ2) is 8.38. The molecule has 4 N–H and O–H groups in total. The third-order valence-corrected chi connectivity index (χ3v) is 4.38. The summed E-state index contributed by atoms with van der Waals surface area (Å²) in [6.07, 6.45) is 3.22. The van der Waals surface area contributed by atoms with Crippen molar-refractivity contribution < 1.29 is 19.1 Å². The summed E-state index contributed by atoms with van der Waals surface area (Å²) >= 11 is 0.851. The number of H-pyrrole nitrogens is 1. The number of aliphatic carboxylic acids is 1. The quantitative estimate of drug-likeness (QED) is 0.454. The Morgan fingerprint density at radius 3 is 2.84 bits per heavy atom. The SMILES string of the molecule is CCCC[C@H](Sc1nc(N)c(NC(=O)c2ccco2)c(=O)[nH]1)C(=O)[O-]. The Hall–Kier alpha value is -2.75. The van der Waals surface area contributed by atoms with E-state index in [9.17, 15) is 19.5 Å². The fraction of sp³-hybridized carbons (Fsp3) is 0.333. The molecule has 0 saturated heterocycles. The number of unbranched alkanes of at least 4 members (excludes halogenated alkanes) is 1. The molecule has 2 aromatic heterocycles. The first-order valence-corrected chi connectivity index (χ1v) is 8.42. The average Bonchev–Trinajstić information content (AvgIpc) is 3.09. The third-order valence-electron chi connectivity index (χ3n) is 3.25. The lowest BCUT2D eigenvalue weighted by atomic mass is 10.2. The lowest BCUT2D eigenvalue weighted by molar-refractivity contribution is -0.304. The van der Waals surface area contributed by atoms with E-state index < -0.39 is 22.7 Å². The van der Waals surface area contributed by atoms with Crippen molar-refractivity contribution >= 4 is 35.1 Å². The maximum atomic E-state index is 12.1. The molecule has 9 nitrogen and oxygen atoms in total. The molecule has 1 amide bonds. The number of anilines is 2. The first kappa shape index (κ1) is 18.6. The van der Waals surface area contributed by atoms with E-state index in [1.165, 1.54) is 18.4 Å². The summed E-state index contributed by atoms with van der Waals surface area (Å²) in [5.41, 5.74) is 4.80. The van der Waals surface area contributed by atoms with Gasteiger partial charge in [-0.25, -0.2) is 4.98 Å². The number of rotatable bonds is 8. The van der Waals surface area contributed by atoms with Gasteiger partial charge in [0.15, 0.2) is 22.4 Å². The summed E-state index contributed by atoms with van der Waals surface area (Å²) in [6, 6.07) is 2.95. The molecule has 2 heterocycles. The Morgan fingerprint density at radius 1 is 1.52 bits per heavy atom. The summed E-state index contributed by atoms with van der Waals surface area (Å²) < 4.78 is 4.93. The zero-order valence-electron chi connectivity index (χ0n) is 13.4. The monoisotopic (exact) mass is 365 g/mol. The van der Waals surface area contributed by atoms with Crippen LogP contribution in [0.1, 0.15) is 36.7 Å². The fourth-order valence-corrected chi connectivity index (χ4v) is 2.93. The number of nitrogens with two attached hydrogens (primary N) is 1. The molecule has 2 aromatic rings. The summed E-state index contributed by atoms with van der Waals surface area (Å²) in [5.74, 6) is -2.11. The van der Waals surface area contributed by atoms with Gasteiger partial charge in [-0.2, -0.15) is 0 Å². The van der Waals surface area contributed by atoms with Gasteiger partial charge in [-0.15, -0.1) is 0 Å². The minimum atomic E-state index is -1.24. The second-order valence-electron chi connectivity index (χ2n) is 5.13. The van der Waals surface area contributed by atoms with Gasteiger partial charge < -0.3 is 25.4 Å². The lowest BCUT2D eigenvalue weighted by Crippen LogP contribution is -2.34. The number of aromatic nitrogens is 2. The van der Waals surface area contributed by atoms with Crippen LogP contribution >= 0.6 is 11.8 Å². The molecule has 25 heavy (non-hydrogen) atoms. The topological polar surface area (TPSA) is 154 Å². The molecule has 134 valence electrons. The summed E-state index contributed by atoms with van der Waals surface area (Å²) in [7, 11) is 0. The molecule has 10 heteroatoms. The average molecular weight is 365 g/mol. The number of amides is 1. The largest absolute Gasteiger partial charge is 0.549 e. The highest BCUT2D eigenvalue weighted by Gasteiger charge is 2.18. The van der Waals surface area contributed by atoms with Gasteiger partial charge in [0, 0.05) is 0 Å². The second-order valence-corrected chi connectivity index (χ2v) is 6.32. The number of nitrogen functional groups attached to an aromatic ring is 1. The summed E-state index contributed by atoms with van der Waals surface area (Å²) in [6.45, 7) is 1.94. The summed E-state index contributed by atoms with van der Waals surface area (Å²) in [4.78, 5) is 41.6. The standard InChI is InChI=1S/C15H18N4O5S/c1-2-3-6-9(14(22)23)25-15-18-11(16)10(13(21)19-15)17-12(20)8-5-4-7-24-8/h4-5,7,9H,2-3,6H2,1H3,(H,17,20)(H,22,23)(H3,16,18,19,21)/p-1/t9-/m0/s1. The van der Waals surface area contributed by atoms with Crippen molar-refractivity contribution in [2.24, 2.45) is 0 Å². The van der Waals surface area contributed by atoms with Crippen molar-refractivity contribution in [1.82, 2.24) is 9.97 Å². The smallest absolute Gasteiger partial charge is 0.291 e. The van der Waals surface area contributed by atoms with Crippen LogP contribution in [0.15, 0.2) is 32.8 Å². The van der Waals surface area contributed by atoms with E-state index in [1.54, 1.807) is 0 Å². The number of carbonyl (C=O) groups is 2. The van der Waals surface area contributed by atoms with E-state index in [2.05, 4.69) is 15.3 Å². The van der Waals surface area contributed by atoms with Gasteiger partial charge in [-0.1, -0.05) is 31.5 Å². The Morgan fingerprint density at radius 2 is 2.28 bits per heavy atom. The van der Waals surface area contributed by atoms with E-state index in [1.807, 2.05) is 6.92 Å². The van der Waals surface area contributed by atoms with Crippen molar-refractivity contribution in [2.75, 3.05) is 11.1 Å².